The highest BCUT2D eigenvalue weighted by Crippen LogP contribution is 2.24. The van der Waals surface area contributed by atoms with Crippen molar-refractivity contribution >= 4 is 21.7 Å². The number of amides is 1. The van der Waals surface area contributed by atoms with Crippen LogP contribution in [0.4, 0.5) is 4.39 Å². The number of likely N-dealkylation sites (tertiary alicyclic amines) is 1. The number of hydrogen-bond donors (Lipinski definition) is 1. The van der Waals surface area contributed by atoms with Crippen molar-refractivity contribution in [3.05, 3.63) is 30.1 Å². The molecular formula is C18H24FNO5S. The maximum atomic E-state index is 13.0. The highest BCUT2D eigenvalue weighted by atomic mass is 32.2. The zero-order chi connectivity index (χ0) is 19.3. The third kappa shape index (κ3) is 5.03. The van der Waals surface area contributed by atoms with E-state index in [1.165, 1.54) is 19.1 Å². The first-order chi connectivity index (χ1) is 12.2. The number of sulfone groups is 1. The standard InChI is InChI=1S/C18H24FNO5S/c1-13(26(24,25)16-8-5-14(19)6-9-16)12-17(21)20-11-3-2-4-15(20)7-10-18(22)23/h5-6,8-9,13,15H,2-4,7,10-12H2,1H3,(H,22,23). The van der Waals surface area contributed by atoms with Crippen LogP contribution in [0.2, 0.25) is 0 Å². The first kappa shape index (κ1) is 20.4. The number of piperidine rings is 1. The molecule has 1 N–H and O–H groups in total. The van der Waals surface area contributed by atoms with E-state index in [-0.39, 0.29) is 29.7 Å². The van der Waals surface area contributed by atoms with Crippen molar-refractivity contribution in [3.63, 3.8) is 0 Å². The van der Waals surface area contributed by atoms with Crippen molar-refractivity contribution in [2.24, 2.45) is 0 Å². The Morgan fingerprint density at radius 1 is 1.27 bits per heavy atom. The van der Waals surface area contributed by atoms with E-state index in [1.54, 1.807) is 4.90 Å². The van der Waals surface area contributed by atoms with E-state index >= 15 is 0 Å². The molecule has 6 nitrogen and oxygen atoms in total. The second kappa shape index (κ2) is 8.62. The molecule has 1 aliphatic rings. The molecule has 1 aliphatic heterocycles. The highest BCUT2D eigenvalue weighted by Gasteiger charge is 2.31. The Labute approximate surface area is 152 Å². The van der Waals surface area contributed by atoms with Crippen LogP contribution in [0.5, 0.6) is 0 Å². The fraction of sp³-hybridized carbons (Fsp3) is 0.556. The summed E-state index contributed by atoms with van der Waals surface area (Å²) in [6.07, 6.45) is 2.67. The van der Waals surface area contributed by atoms with Crippen molar-refractivity contribution in [1.29, 1.82) is 0 Å². The molecule has 2 atom stereocenters. The van der Waals surface area contributed by atoms with Gasteiger partial charge in [0.15, 0.2) is 9.84 Å². The van der Waals surface area contributed by atoms with Crippen LogP contribution in [0.1, 0.15) is 45.4 Å². The molecule has 2 unspecified atom stereocenters. The van der Waals surface area contributed by atoms with E-state index in [2.05, 4.69) is 0 Å². The summed E-state index contributed by atoms with van der Waals surface area (Å²) < 4.78 is 38.2. The van der Waals surface area contributed by atoms with Crippen LogP contribution in [0.15, 0.2) is 29.2 Å². The summed E-state index contributed by atoms with van der Waals surface area (Å²) in [5, 5.41) is 7.92. The van der Waals surface area contributed by atoms with Gasteiger partial charge in [0.25, 0.3) is 0 Å². The van der Waals surface area contributed by atoms with Crippen LogP contribution in [0.25, 0.3) is 0 Å². The second-order valence-corrected chi connectivity index (χ2v) is 9.05. The summed E-state index contributed by atoms with van der Waals surface area (Å²) in [6, 6.07) is 4.39. The number of benzene rings is 1. The summed E-state index contributed by atoms with van der Waals surface area (Å²) in [6.45, 7) is 1.99. The van der Waals surface area contributed by atoms with Crippen molar-refractivity contribution in [3.8, 4) is 0 Å². The van der Waals surface area contributed by atoms with Crippen LogP contribution in [0, 0.1) is 5.82 Å². The zero-order valence-corrected chi connectivity index (χ0v) is 15.5. The molecule has 1 aromatic rings. The van der Waals surface area contributed by atoms with Gasteiger partial charge in [0, 0.05) is 25.4 Å². The Morgan fingerprint density at radius 2 is 1.92 bits per heavy atom. The summed E-state index contributed by atoms with van der Waals surface area (Å²) >= 11 is 0. The van der Waals surface area contributed by atoms with E-state index < -0.39 is 26.9 Å². The Hall–Kier alpha value is -1.96. The minimum absolute atomic E-state index is 0.0136. The number of carboxylic acid groups (broad SMARTS) is 1. The van der Waals surface area contributed by atoms with Gasteiger partial charge in [0.05, 0.1) is 10.1 Å². The number of halogens is 1. The monoisotopic (exact) mass is 385 g/mol. The van der Waals surface area contributed by atoms with Crippen LogP contribution in [-0.2, 0) is 19.4 Å². The number of aliphatic carboxylic acids is 1. The van der Waals surface area contributed by atoms with E-state index in [0.29, 0.717) is 13.0 Å². The molecule has 1 saturated heterocycles. The number of carbonyl (C=O) groups is 2. The Balaban J connectivity index is 2.06. The van der Waals surface area contributed by atoms with Crippen molar-refractivity contribution < 1.29 is 27.5 Å². The van der Waals surface area contributed by atoms with Crippen molar-refractivity contribution in [1.82, 2.24) is 4.90 Å². The van der Waals surface area contributed by atoms with Gasteiger partial charge in [-0.15, -0.1) is 0 Å². The van der Waals surface area contributed by atoms with Gasteiger partial charge < -0.3 is 10.0 Å². The summed E-state index contributed by atoms with van der Waals surface area (Å²) in [4.78, 5) is 25.1. The highest BCUT2D eigenvalue weighted by molar-refractivity contribution is 7.92. The normalized spacial score (nSPS) is 19.2. The SMILES string of the molecule is CC(CC(=O)N1CCCCC1CCC(=O)O)S(=O)(=O)c1ccc(F)cc1. The van der Waals surface area contributed by atoms with Gasteiger partial charge in [-0.2, -0.15) is 0 Å². The van der Waals surface area contributed by atoms with Gasteiger partial charge in [-0.05, 0) is 56.9 Å². The third-order valence-corrected chi connectivity index (χ3v) is 6.93. The number of carbonyl (C=O) groups excluding carboxylic acids is 1. The fourth-order valence-corrected chi connectivity index (χ4v) is 4.59. The number of nitrogens with zero attached hydrogens (tertiary/aromatic N) is 1. The lowest BCUT2D eigenvalue weighted by molar-refractivity contribution is -0.140. The van der Waals surface area contributed by atoms with E-state index in [4.69, 9.17) is 5.11 Å². The topological polar surface area (TPSA) is 91.8 Å². The minimum atomic E-state index is -3.74. The predicted molar refractivity (Wildman–Crippen MR) is 93.9 cm³/mol. The van der Waals surface area contributed by atoms with Crippen molar-refractivity contribution in [2.75, 3.05) is 6.54 Å². The first-order valence-corrected chi connectivity index (χ1v) is 10.3. The van der Waals surface area contributed by atoms with Crippen LogP contribution >= 0.6 is 0 Å². The summed E-state index contributed by atoms with van der Waals surface area (Å²) in [5.74, 6) is -1.71. The quantitative estimate of drug-likeness (QED) is 0.729. The molecular weight excluding hydrogens is 361 g/mol. The number of rotatable bonds is 7. The average Bonchev–Trinajstić information content (AvgIpc) is 2.60. The largest absolute Gasteiger partial charge is 0.481 e. The van der Waals surface area contributed by atoms with Crippen molar-refractivity contribution in [2.45, 2.75) is 61.6 Å². The van der Waals surface area contributed by atoms with E-state index in [9.17, 15) is 22.4 Å². The zero-order valence-electron chi connectivity index (χ0n) is 14.7. The third-order valence-electron chi connectivity index (χ3n) is 4.77. The second-order valence-electron chi connectivity index (χ2n) is 6.68. The summed E-state index contributed by atoms with van der Waals surface area (Å²) in [5.41, 5.74) is 0. The molecule has 1 heterocycles. The van der Waals surface area contributed by atoms with Crippen LogP contribution in [0.3, 0.4) is 0 Å². The summed E-state index contributed by atoms with van der Waals surface area (Å²) in [7, 11) is -3.74. The minimum Gasteiger partial charge on any atom is -0.481 e. The fourth-order valence-electron chi connectivity index (χ4n) is 3.25. The Kier molecular flexibility index (Phi) is 6.75. The first-order valence-electron chi connectivity index (χ1n) is 8.72. The molecule has 26 heavy (non-hydrogen) atoms. The lowest BCUT2D eigenvalue weighted by atomic mass is 9.97. The van der Waals surface area contributed by atoms with Gasteiger partial charge in [-0.25, -0.2) is 12.8 Å². The Morgan fingerprint density at radius 3 is 2.54 bits per heavy atom. The molecule has 8 heteroatoms. The molecule has 0 saturated carbocycles. The predicted octanol–water partition coefficient (Wildman–Crippen LogP) is 2.62. The molecule has 144 valence electrons. The molecule has 1 aromatic carbocycles. The molecule has 2 rings (SSSR count). The van der Waals surface area contributed by atoms with Crippen LogP contribution < -0.4 is 0 Å². The lowest BCUT2D eigenvalue weighted by Gasteiger charge is -2.36. The van der Waals surface area contributed by atoms with E-state index in [1.807, 2.05) is 0 Å². The smallest absolute Gasteiger partial charge is 0.303 e. The molecule has 0 aromatic heterocycles. The van der Waals surface area contributed by atoms with Gasteiger partial charge in [0.1, 0.15) is 5.82 Å². The lowest BCUT2D eigenvalue weighted by Crippen LogP contribution is -2.45. The van der Waals surface area contributed by atoms with E-state index in [0.717, 1.165) is 31.4 Å². The average molecular weight is 385 g/mol. The molecule has 1 fully saturated rings. The van der Waals surface area contributed by atoms with Crippen LogP contribution in [-0.4, -0.2) is 48.1 Å². The maximum absolute atomic E-state index is 13.0. The Bertz CT molecular complexity index is 747. The number of carboxylic acids is 1. The molecule has 0 radical (unpaired) electrons. The van der Waals surface area contributed by atoms with Gasteiger partial charge in [-0.1, -0.05) is 0 Å². The molecule has 0 bridgehead atoms. The molecule has 0 aliphatic carbocycles. The number of hydrogen-bond acceptors (Lipinski definition) is 4. The van der Waals surface area contributed by atoms with Gasteiger partial charge in [0.2, 0.25) is 5.91 Å². The van der Waals surface area contributed by atoms with Gasteiger partial charge in [-0.3, -0.25) is 9.59 Å². The molecule has 0 spiro atoms. The maximum Gasteiger partial charge on any atom is 0.303 e. The van der Waals surface area contributed by atoms with Gasteiger partial charge >= 0.3 is 5.97 Å². The molecule has 1 amide bonds.